The van der Waals surface area contributed by atoms with Gasteiger partial charge in [-0.05, 0) is 60.6 Å². The Morgan fingerprint density at radius 1 is 1.10 bits per heavy atom. The van der Waals surface area contributed by atoms with Gasteiger partial charge in [0, 0.05) is 17.5 Å². The molecule has 0 amide bonds. The quantitative estimate of drug-likeness (QED) is 0.612. The topological polar surface area (TPSA) is 72.5 Å². The standard InChI is InChI=1S/C22H26ClNO4S/c1-28-21(25)15-8-16-6-9-18(10-7-16)22(17-4-2-3-5-17)24-29(26,27)20-13-11-19(23)12-14-20/h6-7,9-14,17,22,24H,2-5,8,15H2,1H3. The molecule has 29 heavy (non-hydrogen) atoms. The molecule has 1 N–H and O–H groups in total. The van der Waals surface area contributed by atoms with E-state index in [1.54, 1.807) is 12.1 Å². The van der Waals surface area contributed by atoms with Crippen LogP contribution in [0.2, 0.25) is 5.02 Å². The van der Waals surface area contributed by atoms with Gasteiger partial charge >= 0.3 is 5.97 Å². The molecule has 5 nitrogen and oxygen atoms in total. The van der Waals surface area contributed by atoms with Crippen molar-refractivity contribution in [3.63, 3.8) is 0 Å². The maximum atomic E-state index is 13.0. The van der Waals surface area contributed by atoms with Gasteiger partial charge in [0.15, 0.2) is 0 Å². The molecule has 0 aliphatic heterocycles. The average molecular weight is 436 g/mol. The number of hydrogen-bond donors (Lipinski definition) is 1. The van der Waals surface area contributed by atoms with Gasteiger partial charge in [0.2, 0.25) is 10.0 Å². The van der Waals surface area contributed by atoms with E-state index in [9.17, 15) is 13.2 Å². The highest BCUT2D eigenvalue weighted by molar-refractivity contribution is 7.89. The molecule has 1 saturated carbocycles. The molecular formula is C22H26ClNO4S. The highest BCUT2D eigenvalue weighted by atomic mass is 35.5. The summed E-state index contributed by atoms with van der Waals surface area (Å²) < 4.78 is 33.5. The van der Waals surface area contributed by atoms with Crippen molar-refractivity contribution in [3.8, 4) is 0 Å². The number of rotatable bonds is 8. The number of benzene rings is 2. The van der Waals surface area contributed by atoms with Crippen LogP contribution in [0.1, 0.15) is 49.3 Å². The SMILES string of the molecule is COC(=O)CCc1ccc(C(NS(=O)(=O)c2ccc(Cl)cc2)C2CCCC2)cc1. The van der Waals surface area contributed by atoms with E-state index >= 15 is 0 Å². The fourth-order valence-electron chi connectivity index (χ4n) is 3.82. The highest BCUT2D eigenvalue weighted by Crippen LogP contribution is 2.37. The van der Waals surface area contributed by atoms with E-state index in [2.05, 4.69) is 9.46 Å². The molecule has 1 fully saturated rings. The zero-order valence-electron chi connectivity index (χ0n) is 16.4. The first kappa shape index (κ1) is 21.8. The third-order valence-corrected chi connectivity index (χ3v) is 7.17. The van der Waals surface area contributed by atoms with Gasteiger partial charge in [-0.2, -0.15) is 0 Å². The summed E-state index contributed by atoms with van der Waals surface area (Å²) in [5.41, 5.74) is 1.96. The minimum atomic E-state index is -3.67. The fraction of sp³-hybridized carbons (Fsp3) is 0.409. The second-order valence-corrected chi connectivity index (χ2v) is 9.57. The number of esters is 1. The van der Waals surface area contributed by atoms with Crippen LogP contribution in [0.4, 0.5) is 0 Å². The van der Waals surface area contributed by atoms with E-state index in [4.69, 9.17) is 11.6 Å². The number of carbonyl (C=O) groups is 1. The monoisotopic (exact) mass is 435 g/mol. The lowest BCUT2D eigenvalue weighted by Gasteiger charge is -2.25. The maximum Gasteiger partial charge on any atom is 0.305 e. The number of nitrogens with one attached hydrogen (secondary N) is 1. The van der Waals surface area contributed by atoms with E-state index in [1.807, 2.05) is 24.3 Å². The van der Waals surface area contributed by atoms with Gasteiger partial charge < -0.3 is 4.74 Å². The molecule has 1 unspecified atom stereocenters. The van der Waals surface area contributed by atoms with E-state index in [1.165, 1.54) is 19.2 Å². The third kappa shape index (κ3) is 5.81. The zero-order valence-corrected chi connectivity index (χ0v) is 18.0. The smallest absolute Gasteiger partial charge is 0.305 e. The summed E-state index contributed by atoms with van der Waals surface area (Å²) in [5.74, 6) is 0.0200. The number of ether oxygens (including phenoxy) is 1. The number of sulfonamides is 1. The van der Waals surface area contributed by atoms with Crippen LogP contribution in [-0.2, 0) is 26.0 Å². The van der Waals surface area contributed by atoms with Gasteiger partial charge in [-0.25, -0.2) is 13.1 Å². The van der Waals surface area contributed by atoms with Crippen molar-refractivity contribution in [2.45, 2.75) is 49.5 Å². The Labute approximate surface area is 177 Å². The van der Waals surface area contributed by atoms with Crippen LogP contribution < -0.4 is 4.72 Å². The molecule has 156 valence electrons. The molecule has 0 bridgehead atoms. The van der Waals surface area contributed by atoms with Gasteiger partial charge in [0.25, 0.3) is 0 Å². The Bertz CT molecular complexity index is 920. The number of aryl methyl sites for hydroxylation is 1. The molecule has 1 aliphatic rings. The van der Waals surface area contributed by atoms with E-state index < -0.39 is 10.0 Å². The molecule has 0 spiro atoms. The summed E-state index contributed by atoms with van der Waals surface area (Å²) in [6.07, 6.45) is 5.14. The van der Waals surface area contributed by atoms with Crippen LogP contribution in [-0.4, -0.2) is 21.5 Å². The molecule has 3 rings (SSSR count). The molecule has 0 radical (unpaired) electrons. The Morgan fingerprint density at radius 2 is 1.72 bits per heavy atom. The van der Waals surface area contributed by atoms with E-state index in [0.717, 1.165) is 36.8 Å². The lowest BCUT2D eigenvalue weighted by atomic mass is 9.91. The number of carbonyl (C=O) groups excluding carboxylic acids is 1. The number of methoxy groups -OCH3 is 1. The van der Waals surface area contributed by atoms with Crippen molar-refractivity contribution >= 4 is 27.6 Å². The first-order valence-corrected chi connectivity index (χ1v) is 11.7. The Morgan fingerprint density at radius 3 is 2.31 bits per heavy atom. The van der Waals surface area contributed by atoms with Gasteiger partial charge in [0.05, 0.1) is 12.0 Å². The van der Waals surface area contributed by atoms with Crippen molar-refractivity contribution < 1.29 is 17.9 Å². The molecule has 1 atom stereocenters. The van der Waals surface area contributed by atoms with Crippen molar-refractivity contribution in [1.82, 2.24) is 4.72 Å². The summed E-state index contributed by atoms with van der Waals surface area (Å²) in [6, 6.07) is 13.7. The molecular weight excluding hydrogens is 410 g/mol. The lowest BCUT2D eigenvalue weighted by Crippen LogP contribution is -2.32. The fourth-order valence-corrected chi connectivity index (χ4v) is 5.24. The summed E-state index contributed by atoms with van der Waals surface area (Å²) in [4.78, 5) is 11.5. The average Bonchev–Trinajstić information content (AvgIpc) is 3.25. The van der Waals surface area contributed by atoms with Gasteiger partial charge in [-0.15, -0.1) is 0 Å². The largest absolute Gasteiger partial charge is 0.469 e. The predicted octanol–water partition coefficient (Wildman–Crippen LogP) is 4.66. The Hall–Kier alpha value is -1.89. The molecule has 2 aromatic rings. The van der Waals surface area contributed by atoms with Crippen LogP contribution in [0.3, 0.4) is 0 Å². The minimum Gasteiger partial charge on any atom is -0.469 e. The van der Waals surface area contributed by atoms with Crippen LogP contribution in [0, 0.1) is 5.92 Å². The van der Waals surface area contributed by atoms with Gasteiger partial charge in [-0.1, -0.05) is 48.7 Å². The van der Waals surface area contributed by atoms with Crippen LogP contribution in [0.25, 0.3) is 0 Å². The van der Waals surface area contributed by atoms with Crippen molar-refractivity contribution in [3.05, 3.63) is 64.7 Å². The normalized spacial score (nSPS) is 15.9. The lowest BCUT2D eigenvalue weighted by molar-refractivity contribution is -0.140. The Balaban J connectivity index is 1.80. The molecule has 0 aromatic heterocycles. The molecule has 7 heteroatoms. The van der Waals surface area contributed by atoms with E-state index in [0.29, 0.717) is 17.9 Å². The van der Waals surface area contributed by atoms with Crippen LogP contribution >= 0.6 is 11.6 Å². The molecule has 1 aliphatic carbocycles. The van der Waals surface area contributed by atoms with Crippen LogP contribution in [0.15, 0.2) is 53.4 Å². The number of hydrogen-bond acceptors (Lipinski definition) is 4. The first-order chi connectivity index (χ1) is 13.9. The Kier molecular flexibility index (Phi) is 7.33. The minimum absolute atomic E-state index is 0.208. The zero-order chi connectivity index (χ0) is 20.9. The van der Waals surface area contributed by atoms with Crippen LogP contribution in [0.5, 0.6) is 0 Å². The highest BCUT2D eigenvalue weighted by Gasteiger charge is 2.30. The second kappa shape index (κ2) is 9.74. The second-order valence-electron chi connectivity index (χ2n) is 7.42. The predicted molar refractivity (Wildman–Crippen MR) is 113 cm³/mol. The van der Waals surface area contributed by atoms with Gasteiger partial charge in [-0.3, -0.25) is 4.79 Å². The number of halogens is 1. The van der Waals surface area contributed by atoms with Gasteiger partial charge in [0.1, 0.15) is 0 Å². The summed E-state index contributed by atoms with van der Waals surface area (Å²) in [6.45, 7) is 0. The summed E-state index contributed by atoms with van der Waals surface area (Å²) >= 11 is 5.89. The molecule has 2 aromatic carbocycles. The summed E-state index contributed by atoms with van der Waals surface area (Å²) in [7, 11) is -2.29. The van der Waals surface area contributed by atoms with Crippen molar-refractivity contribution in [2.75, 3.05) is 7.11 Å². The van der Waals surface area contributed by atoms with Crippen molar-refractivity contribution in [2.24, 2.45) is 5.92 Å². The first-order valence-electron chi connectivity index (χ1n) is 9.82. The van der Waals surface area contributed by atoms with Crippen molar-refractivity contribution in [1.29, 1.82) is 0 Å². The third-order valence-electron chi connectivity index (χ3n) is 5.46. The molecule has 0 heterocycles. The van der Waals surface area contributed by atoms with E-state index in [-0.39, 0.29) is 22.8 Å². The summed E-state index contributed by atoms with van der Waals surface area (Å²) in [5, 5.41) is 0.499. The maximum absolute atomic E-state index is 13.0. The molecule has 0 saturated heterocycles.